The largest absolute Gasteiger partial charge is 0.372 e. The second-order valence-corrected chi connectivity index (χ2v) is 5.19. The third-order valence-electron chi connectivity index (χ3n) is 3.42. The maximum absolute atomic E-state index is 4.03. The van der Waals surface area contributed by atoms with Crippen molar-refractivity contribution in [1.29, 1.82) is 0 Å². The van der Waals surface area contributed by atoms with Crippen molar-refractivity contribution in [1.82, 2.24) is 4.98 Å². The summed E-state index contributed by atoms with van der Waals surface area (Å²) < 4.78 is 0. The summed E-state index contributed by atoms with van der Waals surface area (Å²) in [6.45, 7) is 6.71. The first-order valence-corrected chi connectivity index (χ1v) is 7.76. The Hall–Kier alpha value is -2.09. The average Bonchev–Trinajstić information content (AvgIpc) is 2.54. The van der Waals surface area contributed by atoms with Crippen LogP contribution in [0.3, 0.4) is 0 Å². The summed E-state index contributed by atoms with van der Waals surface area (Å²) >= 11 is 0. The average molecular weight is 280 g/mol. The van der Waals surface area contributed by atoms with E-state index in [1.54, 1.807) is 0 Å². The molecule has 21 heavy (non-hydrogen) atoms. The van der Waals surface area contributed by atoms with E-state index in [9.17, 15) is 0 Å². The molecule has 0 aliphatic heterocycles. The van der Waals surface area contributed by atoms with Gasteiger partial charge in [0.2, 0.25) is 0 Å². The third-order valence-corrected chi connectivity index (χ3v) is 3.42. The fourth-order valence-corrected chi connectivity index (χ4v) is 2.37. The zero-order valence-corrected chi connectivity index (χ0v) is 13.0. The standard InChI is InChI=1S/C19H24N2/c1-3-15-21(16-4-2)19-9-7-17(8-10-19)5-6-18-11-13-20-14-12-18/h5-14H,3-4,15-16H2,1-2H3/b6-5-. The van der Waals surface area contributed by atoms with Gasteiger partial charge >= 0.3 is 0 Å². The number of nitrogens with zero attached hydrogens (tertiary/aromatic N) is 2. The molecule has 1 heterocycles. The van der Waals surface area contributed by atoms with E-state index in [1.807, 2.05) is 24.5 Å². The lowest BCUT2D eigenvalue weighted by atomic mass is 10.1. The van der Waals surface area contributed by atoms with Crippen molar-refractivity contribution in [3.8, 4) is 0 Å². The van der Waals surface area contributed by atoms with Gasteiger partial charge in [0.05, 0.1) is 0 Å². The lowest BCUT2D eigenvalue weighted by Gasteiger charge is -2.23. The van der Waals surface area contributed by atoms with Gasteiger partial charge in [-0.1, -0.05) is 38.1 Å². The Kier molecular flexibility index (Phi) is 6.01. The fraction of sp³-hybridized carbons (Fsp3) is 0.316. The van der Waals surface area contributed by atoms with Crippen molar-refractivity contribution in [3.63, 3.8) is 0 Å². The van der Waals surface area contributed by atoms with Crippen molar-refractivity contribution in [3.05, 3.63) is 59.9 Å². The molecule has 0 spiro atoms. The molecule has 0 unspecified atom stereocenters. The monoisotopic (exact) mass is 280 g/mol. The molecule has 2 nitrogen and oxygen atoms in total. The Labute approximate surface area is 128 Å². The number of hydrogen-bond acceptors (Lipinski definition) is 2. The van der Waals surface area contributed by atoms with E-state index >= 15 is 0 Å². The number of pyridine rings is 1. The van der Waals surface area contributed by atoms with Gasteiger partial charge in [-0.15, -0.1) is 0 Å². The summed E-state index contributed by atoms with van der Waals surface area (Å²) in [6.07, 6.45) is 10.3. The maximum atomic E-state index is 4.03. The summed E-state index contributed by atoms with van der Waals surface area (Å²) in [5, 5.41) is 0. The second-order valence-electron chi connectivity index (χ2n) is 5.19. The minimum absolute atomic E-state index is 1.13. The molecular weight excluding hydrogens is 256 g/mol. The Bertz CT molecular complexity index is 538. The first-order chi connectivity index (χ1) is 10.3. The molecule has 1 aromatic carbocycles. The summed E-state index contributed by atoms with van der Waals surface area (Å²) in [7, 11) is 0. The van der Waals surface area contributed by atoms with Crippen molar-refractivity contribution in [2.45, 2.75) is 26.7 Å². The second kappa shape index (κ2) is 8.25. The van der Waals surface area contributed by atoms with Gasteiger partial charge in [0.25, 0.3) is 0 Å². The maximum Gasteiger partial charge on any atom is 0.0366 e. The molecule has 0 saturated heterocycles. The lowest BCUT2D eigenvalue weighted by molar-refractivity contribution is 0.745. The van der Waals surface area contributed by atoms with Crippen LogP contribution >= 0.6 is 0 Å². The van der Waals surface area contributed by atoms with Crippen molar-refractivity contribution in [2.24, 2.45) is 0 Å². The van der Waals surface area contributed by atoms with E-state index in [0.29, 0.717) is 0 Å². The highest BCUT2D eigenvalue weighted by Gasteiger charge is 2.03. The van der Waals surface area contributed by atoms with Crippen molar-refractivity contribution >= 4 is 17.8 Å². The first kappa shape index (κ1) is 15.3. The van der Waals surface area contributed by atoms with Gasteiger partial charge in [-0.3, -0.25) is 4.98 Å². The van der Waals surface area contributed by atoms with Gasteiger partial charge in [0.15, 0.2) is 0 Å². The minimum Gasteiger partial charge on any atom is -0.372 e. The van der Waals surface area contributed by atoms with Gasteiger partial charge in [-0.25, -0.2) is 0 Å². The van der Waals surface area contributed by atoms with Gasteiger partial charge in [-0.2, -0.15) is 0 Å². The zero-order chi connectivity index (χ0) is 14.9. The molecule has 0 aliphatic rings. The smallest absolute Gasteiger partial charge is 0.0366 e. The molecule has 110 valence electrons. The quantitative estimate of drug-likeness (QED) is 0.718. The van der Waals surface area contributed by atoms with Crippen LogP contribution < -0.4 is 4.90 Å². The molecule has 2 rings (SSSR count). The Morgan fingerprint density at radius 1 is 0.810 bits per heavy atom. The first-order valence-electron chi connectivity index (χ1n) is 7.76. The summed E-state index contributed by atoms with van der Waals surface area (Å²) in [6, 6.07) is 12.8. The van der Waals surface area contributed by atoms with Gasteiger partial charge < -0.3 is 4.90 Å². The van der Waals surface area contributed by atoms with Crippen molar-refractivity contribution < 1.29 is 0 Å². The Morgan fingerprint density at radius 3 is 1.86 bits per heavy atom. The Morgan fingerprint density at radius 2 is 1.33 bits per heavy atom. The number of rotatable bonds is 7. The minimum atomic E-state index is 1.13. The fourth-order valence-electron chi connectivity index (χ4n) is 2.37. The van der Waals surface area contributed by atoms with E-state index in [4.69, 9.17) is 0 Å². The molecule has 0 amide bonds. The normalized spacial score (nSPS) is 11.0. The zero-order valence-electron chi connectivity index (χ0n) is 13.0. The highest BCUT2D eigenvalue weighted by atomic mass is 15.1. The summed E-state index contributed by atoms with van der Waals surface area (Å²) in [5.41, 5.74) is 3.72. The van der Waals surface area contributed by atoms with E-state index < -0.39 is 0 Å². The number of aromatic nitrogens is 1. The van der Waals surface area contributed by atoms with Gasteiger partial charge in [0, 0.05) is 31.2 Å². The molecule has 2 aromatic rings. The lowest BCUT2D eigenvalue weighted by Crippen LogP contribution is -2.24. The summed E-state index contributed by atoms with van der Waals surface area (Å²) in [5.74, 6) is 0. The molecule has 0 bridgehead atoms. The van der Waals surface area contributed by atoms with E-state index in [2.05, 4.69) is 60.1 Å². The molecule has 0 aliphatic carbocycles. The van der Waals surface area contributed by atoms with Crippen LogP contribution in [0.2, 0.25) is 0 Å². The van der Waals surface area contributed by atoms with Crippen LogP contribution in [0.15, 0.2) is 48.8 Å². The van der Waals surface area contributed by atoms with Crippen LogP contribution in [-0.2, 0) is 0 Å². The topological polar surface area (TPSA) is 16.1 Å². The van der Waals surface area contributed by atoms with Gasteiger partial charge in [0.1, 0.15) is 0 Å². The Balaban J connectivity index is 2.06. The van der Waals surface area contributed by atoms with Crippen LogP contribution in [0.25, 0.3) is 12.2 Å². The number of anilines is 1. The van der Waals surface area contributed by atoms with Gasteiger partial charge in [-0.05, 0) is 48.2 Å². The molecule has 1 aromatic heterocycles. The molecule has 0 fully saturated rings. The molecule has 0 atom stereocenters. The highest BCUT2D eigenvalue weighted by molar-refractivity contribution is 5.70. The predicted molar refractivity (Wildman–Crippen MR) is 92.4 cm³/mol. The van der Waals surface area contributed by atoms with E-state index in [1.165, 1.54) is 29.7 Å². The van der Waals surface area contributed by atoms with E-state index in [0.717, 1.165) is 13.1 Å². The summed E-state index contributed by atoms with van der Waals surface area (Å²) in [4.78, 5) is 6.48. The van der Waals surface area contributed by atoms with Crippen LogP contribution in [0.5, 0.6) is 0 Å². The highest BCUT2D eigenvalue weighted by Crippen LogP contribution is 2.17. The van der Waals surface area contributed by atoms with Crippen LogP contribution in [0.4, 0.5) is 5.69 Å². The predicted octanol–water partition coefficient (Wildman–Crippen LogP) is 4.88. The SMILES string of the molecule is CCCN(CCC)c1ccc(/C=C\c2ccncc2)cc1. The molecule has 0 radical (unpaired) electrons. The third kappa shape index (κ3) is 4.75. The molecule has 0 N–H and O–H groups in total. The van der Waals surface area contributed by atoms with Crippen LogP contribution in [0.1, 0.15) is 37.8 Å². The number of hydrogen-bond donors (Lipinski definition) is 0. The van der Waals surface area contributed by atoms with Crippen molar-refractivity contribution in [2.75, 3.05) is 18.0 Å². The van der Waals surface area contributed by atoms with E-state index in [-0.39, 0.29) is 0 Å². The molecule has 0 saturated carbocycles. The van der Waals surface area contributed by atoms with Crippen LogP contribution in [-0.4, -0.2) is 18.1 Å². The number of benzene rings is 1. The molecule has 2 heteroatoms. The molecular formula is C19H24N2. The van der Waals surface area contributed by atoms with Crippen LogP contribution in [0, 0.1) is 0 Å².